The molecule has 4 nitrogen and oxygen atoms in total. The molecular formula is C15H22FN3O. The van der Waals surface area contributed by atoms with Crippen LogP contribution in [0.25, 0.3) is 0 Å². The van der Waals surface area contributed by atoms with Gasteiger partial charge in [-0.3, -0.25) is 0 Å². The molecule has 1 fully saturated rings. The highest BCUT2D eigenvalue weighted by atomic mass is 19.1. The fourth-order valence-corrected chi connectivity index (χ4v) is 2.59. The summed E-state index contributed by atoms with van der Waals surface area (Å²) in [5, 5.41) is 3.50. The van der Waals surface area contributed by atoms with Crippen molar-refractivity contribution in [2.24, 2.45) is 5.73 Å². The summed E-state index contributed by atoms with van der Waals surface area (Å²) in [6.07, 6.45) is 1.75. The maximum Gasteiger partial charge on any atom is 0.314 e. The smallest absolute Gasteiger partial charge is 0.314 e. The van der Waals surface area contributed by atoms with Gasteiger partial charge in [-0.15, -0.1) is 0 Å². The zero-order valence-corrected chi connectivity index (χ0v) is 12.0. The third-order valence-electron chi connectivity index (χ3n) is 3.99. The molecule has 0 aliphatic carbocycles. The summed E-state index contributed by atoms with van der Waals surface area (Å²) in [7, 11) is 0. The molecule has 0 bridgehead atoms. The molecule has 2 amide bonds. The highest BCUT2D eigenvalue weighted by Gasteiger charge is 2.22. The van der Waals surface area contributed by atoms with Crippen molar-refractivity contribution in [2.45, 2.75) is 38.8 Å². The lowest BCUT2D eigenvalue weighted by molar-refractivity contribution is 0.183. The van der Waals surface area contributed by atoms with Gasteiger partial charge in [0.25, 0.3) is 0 Å². The number of hydrogen-bond acceptors (Lipinski definition) is 2. The lowest BCUT2D eigenvalue weighted by atomic mass is 10.0. The number of nitrogens with two attached hydrogens (primary N) is 1. The lowest BCUT2D eigenvalue weighted by Gasteiger charge is -2.33. The van der Waals surface area contributed by atoms with E-state index in [-0.39, 0.29) is 17.9 Å². The molecule has 0 saturated carbocycles. The number of nitrogens with zero attached hydrogens (tertiary/aromatic N) is 1. The van der Waals surface area contributed by atoms with Crippen molar-refractivity contribution >= 4 is 6.03 Å². The Kier molecular flexibility index (Phi) is 4.60. The Hall–Kier alpha value is -1.62. The molecule has 0 spiro atoms. The first kappa shape index (κ1) is 14.8. The van der Waals surface area contributed by atoms with Crippen LogP contribution in [-0.2, 0) is 0 Å². The molecule has 1 unspecified atom stereocenters. The summed E-state index contributed by atoms with van der Waals surface area (Å²) >= 11 is 0. The number of amides is 2. The molecule has 5 heteroatoms. The quantitative estimate of drug-likeness (QED) is 0.892. The molecule has 0 radical (unpaired) electrons. The number of rotatable bonds is 3. The van der Waals surface area contributed by atoms with Gasteiger partial charge in [-0.2, -0.15) is 0 Å². The number of carbonyl (C=O) groups excluding carboxylic acids is 1. The standard InChI is InChI=1S/C15H22FN3O/c1-10-3-4-12(9-14(10)16)11(2)18-13-5-7-19(8-6-13)15(17)20/h3-4,9,11,13,18H,5-8H2,1-2H3,(H2,17,20). The van der Waals surface area contributed by atoms with E-state index < -0.39 is 0 Å². The van der Waals surface area contributed by atoms with E-state index in [0.29, 0.717) is 24.7 Å². The van der Waals surface area contributed by atoms with Crippen LogP contribution >= 0.6 is 0 Å². The Morgan fingerprint density at radius 3 is 2.65 bits per heavy atom. The molecular weight excluding hydrogens is 257 g/mol. The van der Waals surface area contributed by atoms with Crippen LogP contribution in [0.2, 0.25) is 0 Å². The number of urea groups is 1. The van der Waals surface area contributed by atoms with Gasteiger partial charge in [-0.1, -0.05) is 12.1 Å². The maximum atomic E-state index is 13.6. The van der Waals surface area contributed by atoms with E-state index in [9.17, 15) is 9.18 Å². The van der Waals surface area contributed by atoms with Gasteiger partial charge in [0.2, 0.25) is 0 Å². The topological polar surface area (TPSA) is 58.4 Å². The maximum absolute atomic E-state index is 13.6. The van der Waals surface area contributed by atoms with Gasteiger partial charge in [-0.25, -0.2) is 9.18 Å². The summed E-state index contributed by atoms with van der Waals surface area (Å²) in [5.74, 6) is -0.167. The first-order valence-electron chi connectivity index (χ1n) is 7.04. The minimum atomic E-state index is -0.350. The molecule has 2 rings (SSSR count). The second-order valence-corrected chi connectivity index (χ2v) is 5.50. The number of aryl methyl sites for hydroxylation is 1. The molecule has 1 aromatic carbocycles. The predicted molar refractivity (Wildman–Crippen MR) is 76.9 cm³/mol. The molecule has 1 heterocycles. The van der Waals surface area contributed by atoms with Crippen molar-refractivity contribution in [3.05, 3.63) is 35.1 Å². The first-order valence-corrected chi connectivity index (χ1v) is 7.04. The van der Waals surface area contributed by atoms with Crippen molar-refractivity contribution in [1.29, 1.82) is 0 Å². The van der Waals surface area contributed by atoms with E-state index in [1.807, 2.05) is 13.0 Å². The predicted octanol–water partition coefficient (Wildman–Crippen LogP) is 2.33. The molecule has 1 saturated heterocycles. The molecule has 110 valence electrons. The van der Waals surface area contributed by atoms with E-state index in [0.717, 1.165) is 18.4 Å². The Morgan fingerprint density at radius 2 is 2.10 bits per heavy atom. The Balaban J connectivity index is 1.90. The van der Waals surface area contributed by atoms with Gasteiger partial charge < -0.3 is 16.0 Å². The first-order chi connectivity index (χ1) is 9.47. The third-order valence-corrected chi connectivity index (χ3v) is 3.99. The van der Waals surface area contributed by atoms with E-state index >= 15 is 0 Å². The van der Waals surface area contributed by atoms with Crippen LogP contribution in [0, 0.1) is 12.7 Å². The van der Waals surface area contributed by atoms with Crippen molar-refractivity contribution in [1.82, 2.24) is 10.2 Å². The minimum absolute atomic E-state index is 0.0928. The SMILES string of the molecule is Cc1ccc(C(C)NC2CCN(C(N)=O)CC2)cc1F. The molecule has 0 aromatic heterocycles. The van der Waals surface area contributed by atoms with Crippen molar-refractivity contribution in [2.75, 3.05) is 13.1 Å². The number of hydrogen-bond donors (Lipinski definition) is 2. The fourth-order valence-electron chi connectivity index (χ4n) is 2.59. The van der Waals surface area contributed by atoms with E-state index in [1.54, 1.807) is 24.0 Å². The van der Waals surface area contributed by atoms with Crippen LogP contribution in [0.1, 0.15) is 36.9 Å². The number of primary amides is 1. The highest BCUT2D eigenvalue weighted by Crippen LogP contribution is 2.19. The minimum Gasteiger partial charge on any atom is -0.351 e. The van der Waals surface area contributed by atoms with Crippen LogP contribution in [0.15, 0.2) is 18.2 Å². The molecule has 1 aliphatic rings. The Bertz CT molecular complexity index is 484. The van der Waals surface area contributed by atoms with Crippen molar-refractivity contribution in [3.63, 3.8) is 0 Å². The Morgan fingerprint density at radius 1 is 1.45 bits per heavy atom. The lowest BCUT2D eigenvalue weighted by Crippen LogP contribution is -2.47. The molecule has 1 aromatic rings. The van der Waals surface area contributed by atoms with Crippen LogP contribution in [0.4, 0.5) is 9.18 Å². The van der Waals surface area contributed by atoms with Gasteiger partial charge in [0, 0.05) is 25.2 Å². The highest BCUT2D eigenvalue weighted by molar-refractivity contribution is 5.72. The van der Waals surface area contributed by atoms with E-state index in [4.69, 9.17) is 5.73 Å². The van der Waals surface area contributed by atoms with Gasteiger partial charge in [-0.05, 0) is 43.9 Å². The van der Waals surface area contributed by atoms with Gasteiger partial charge in [0.15, 0.2) is 0 Å². The van der Waals surface area contributed by atoms with Crippen LogP contribution in [0.5, 0.6) is 0 Å². The monoisotopic (exact) mass is 279 g/mol. The number of likely N-dealkylation sites (tertiary alicyclic amines) is 1. The summed E-state index contributed by atoms with van der Waals surface area (Å²) in [5.41, 5.74) is 6.87. The normalized spacial score (nSPS) is 18.1. The van der Waals surface area contributed by atoms with Gasteiger partial charge in [0.05, 0.1) is 0 Å². The molecule has 20 heavy (non-hydrogen) atoms. The summed E-state index contributed by atoms with van der Waals surface area (Å²) in [6.45, 7) is 5.16. The van der Waals surface area contributed by atoms with Crippen molar-refractivity contribution in [3.8, 4) is 0 Å². The molecule has 1 atom stereocenters. The molecule has 1 aliphatic heterocycles. The second kappa shape index (κ2) is 6.22. The average molecular weight is 279 g/mol. The number of halogens is 1. The van der Waals surface area contributed by atoms with E-state index in [1.165, 1.54) is 0 Å². The number of nitrogens with one attached hydrogen (secondary N) is 1. The zero-order chi connectivity index (χ0) is 14.7. The number of benzene rings is 1. The number of carbonyl (C=O) groups is 1. The van der Waals surface area contributed by atoms with Gasteiger partial charge in [0.1, 0.15) is 5.82 Å². The average Bonchev–Trinajstić information content (AvgIpc) is 2.42. The third kappa shape index (κ3) is 3.48. The zero-order valence-electron chi connectivity index (χ0n) is 12.0. The Labute approximate surface area is 119 Å². The summed E-state index contributed by atoms with van der Waals surface area (Å²) in [6, 6.07) is 5.43. The van der Waals surface area contributed by atoms with Gasteiger partial charge >= 0.3 is 6.03 Å². The van der Waals surface area contributed by atoms with Crippen molar-refractivity contribution < 1.29 is 9.18 Å². The second-order valence-electron chi connectivity index (χ2n) is 5.50. The fraction of sp³-hybridized carbons (Fsp3) is 0.533. The van der Waals surface area contributed by atoms with Crippen LogP contribution in [0.3, 0.4) is 0 Å². The van der Waals surface area contributed by atoms with E-state index in [2.05, 4.69) is 5.32 Å². The molecule has 3 N–H and O–H groups in total. The van der Waals surface area contributed by atoms with Crippen LogP contribution in [-0.4, -0.2) is 30.1 Å². The largest absolute Gasteiger partial charge is 0.351 e. The number of piperidine rings is 1. The summed E-state index contributed by atoms with van der Waals surface area (Å²) < 4.78 is 13.6. The van der Waals surface area contributed by atoms with Crippen LogP contribution < -0.4 is 11.1 Å². The summed E-state index contributed by atoms with van der Waals surface area (Å²) in [4.78, 5) is 12.7.